The fourth-order valence-corrected chi connectivity index (χ4v) is 5.12. The molecule has 0 unspecified atom stereocenters. The summed E-state index contributed by atoms with van der Waals surface area (Å²) < 4.78 is 8.02. The van der Waals surface area contributed by atoms with Crippen LogP contribution < -0.4 is 5.73 Å². The molecule has 0 aliphatic heterocycles. The number of anilines is 1. The minimum atomic E-state index is -1.13. The van der Waals surface area contributed by atoms with E-state index in [0.29, 0.717) is 6.73 Å². The van der Waals surface area contributed by atoms with Crippen LogP contribution in [0, 0.1) is 0 Å². The van der Waals surface area contributed by atoms with E-state index in [1.165, 1.54) is 0 Å². The summed E-state index contributed by atoms with van der Waals surface area (Å²) in [6.45, 7) is 8.32. The Labute approximate surface area is 201 Å². The molecule has 4 rings (SSSR count). The zero-order valence-electron chi connectivity index (χ0n) is 19.5. The van der Waals surface area contributed by atoms with Gasteiger partial charge in [0.15, 0.2) is 0 Å². The lowest BCUT2D eigenvalue weighted by molar-refractivity contribution is 0.0816. The van der Waals surface area contributed by atoms with Gasteiger partial charge < -0.3 is 10.5 Å². The van der Waals surface area contributed by atoms with Gasteiger partial charge >= 0.3 is 0 Å². The third-order valence-electron chi connectivity index (χ3n) is 5.29. The number of aromatic nitrogens is 2. The SMILES string of the molecule is C[Si](C)(C)CCOCn1nc(/C=C/c2ccccc2)c2ccc(Sc3cccc(N)c3)cc21. The molecular weight excluding hydrogens is 442 g/mol. The van der Waals surface area contributed by atoms with Crippen molar-refractivity contribution in [3.05, 3.63) is 84.1 Å². The summed E-state index contributed by atoms with van der Waals surface area (Å²) >= 11 is 1.70. The molecule has 0 fully saturated rings. The average Bonchev–Trinajstić information content (AvgIpc) is 3.12. The van der Waals surface area contributed by atoms with Gasteiger partial charge in [0.1, 0.15) is 6.73 Å². The first-order valence-corrected chi connectivity index (χ1v) is 15.7. The lowest BCUT2D eigenvalue weighted by Crippen LogP contribution is -2.22. The minimum Gasteiger partial charge on any atom is -0.399 e. The van der Waals surface area contributed by atoms with Crippen molar-refractivity contribution in [1.82, 2.24) is 9.78 Å². The third-order valence-corrected chi connectivity index (χ3v) is 7.97. The van der Waals surface area contributed by atoms with Crippen LogP contribution >= 0.6 is 11.8 Å². The van der Waals surface area contributed by atoms with Gasteiger partial charge in [-0.25, -0.2) is 4.68 Å². The van der Waals surface area contributed by atoms with E-state index >= 15 is 0 Å². The van der Waals surface area contributed by atoms with Gasteiger partial charge in [-0.3, -0.25) is 0 Å². The highest BCUT2D eigenvalue weighted by atomic mass is 32.2. The first-order valence-electron chi connectivity index (χ1n) is 11.2. The van der Waals surface area contributed by atoms with Crippen molar-refractivity contribution in [1.29, 1.82) is 0 Å². The summed E-state index contributed by atoms with van der Waals surface area (Å²) in [5, 5.41) is 6.01. The van der Waals surface area contributed by atoms with Crippen molar-refractivity contribution in [2.75, 3.05) is 12.3 Å². The highest BCUT2D eigenvalue weighted by molar-refractivity contribution is 7.99. The second kappa shape index (κ2) is 10.4. The molecule has 1 aromatic heterocycles. The number of rotatable bonds is 9. The summed E-state index contributed by atoms with van der Waals surface area (Å²) in [7, 11) is -1.13. The Balaban J connectivity index is 1.62. The van der Waals surface area contributed by atoms with Crippen LogP contribution in [-0.4, -0.2) is 24.5 Å². The summed E-state index contributed by atoms with van der Waals surface area (Å²) in [5.41, 5.74) is 9.91. The molecule has 0 aliphatic carbocycles. The molecule has 0 radical (unpaired) electrons. The van der Waals surface area contributed by atoms with Crippen molar-refractivity contribution in [2.24, 2.45) is 0 Å². The maximum absolute atomic E-state index is 6.04. The van der Waals surface area contributed by atoms with E-state index in [9.17, 15) is 0 Å². The van der Waals surface area contributed by atoms with Gasteiger partial charge in [0.25, 0.3) is 0 Å². The van der Waals surface area contributed by atoms with Crippen LogP contribution in [0.4, 0.5) is 5.69 Å². The molecule has 2 N–H and O–H groups in total. The van der Waals surface area contributed by atoms with Crippen LogP contribution in [0.3, 0.4) is 0 Å². The molecule has 0 aliphatic rings. The van der Waals surface area contributed by atoms with E-state index in [1.807, 2.05) is 41.1 Å². The van der Waals surface area contributed by atoms with Crippen molar-refractivity contribution in [2.45, 2.75) is 42.2 Å². The highest BCUT2D eigenvalue weighted by Gasteiger charge is 2.14. The molecule has 0 spiro atoms. The number of benzene rings is 3. The Kier molecular flexibility index (Phi) is 7.38. The number of nitrogens with two attached hydrogens (primary N) is 1. The Bertz CT molecular complexity index is 1250. The van der Waals surface area contributed by atoms with Gasteiger partial charge in [0.2, 0.25) is 0 Å². The first kappa shape index (κ1) is 23.4. The van der Waals surface area contributed by atoms with E-state index in [0.717, 1.165) is 50.3 Å². The number of nitrogens with zero attached hydrogens (tertiary/aromatic N) is 2. The Morgan fingerprint density at radius 3 is 2.48 bits per heavy atom. The minimum absolute atomic E-state index is 0.451. The Morgan fingerprint density at radius 2 is 1.73 bits per heavy atom. The van der Waals surface area contributed by atoms with E-state index in [1.54, 1.807) is 11.8 Å². The molecule has 4 aromatic rings. The van der Waals surface area contributed by atoms with Gasteiger partial charge in [0, 0.05) is 35.5 Å². The number of fused-ring (bicyclic) bond motifs is 1. The smallest absolute Gasteiger partial charge is 0.140 e. The predicted molar refractivity (Wildman–Crippen MR) is 144 cm³/mol. The van der Waals surface area contributed by atoms with Gasteiger partial charge in [-0.1, -0.05) is 73.9 Å². The van der Waals surface area contributed by atoms with E-state index in [2.05, 4.69) is 68.2 Å². The topological polar surface area (TPSA) is 53.1 Å². The molecule has 33 heavy (non-hydrogen) atoms. The molecule has 0 saturated heterocycles. The average molecular weight is 474 g/mol. The molecule has 3 aromatic carbocycles. The number of hydrogen-bond acceptors (Lipinski definition) is 4. The van der Waals surface area contributed by atoms with Gasteiger partial charge in [0.05, 0.1) is 11.2 Å². The highest BCUT2D eigenvalue weighted by Crippen LogP contribution is 2.32. The molecule has 0 atom stereocenters. The molecule has 1 heterocycles. The van der Waals surface area contributed by atoms with Crippen molar-refractivity contribution < 1.29 is 4.74 Å². The standard InChI is InChI=1S/C27H31N3OSSi/c1-33(2,3)17-16-31-20-30-27-19-24(32-23-11-7-10-22(28)18-23)13-14-25(27)26(29-30)15-12-21-8-5-4-6-9-21/h4-15,18-19H,16-17,20,28H2,1-3H3/b15-12+. The van der Waals surface area contributed by atoms with Crippen LogP contribution in [0.2, 0.25) is 25.7 Å². The second-order valence-electron chi connectivity index (χ2n) is 9.33. The van der Waals surface area contributed by atoms with Crippen LogP contribution in [-0.2, 0) is 11.5 Å². The largest absolute Gasteiger partial charge is 0.399 e. The summed E-state index contributed by atoms with van der Waals surface area (Å²) in [4.78, 5) is 2.27. The third kappa shape index (κ3) is 6.60. The zero-order valence-corrected chi connectivity index (χ0v) is 21.3. The van der Waals surface area contributed by atoms with Crippen LogP contribution in [0.5, 0.6) is 0 Å². The van der Waals surface area contributed by atoms with Crippen molar-refractivity contribution in [3.63, 3.8) is 0 Å². The molecule has 6 heteroatoms. The summed E-state index contributed by atoms with van der Waals surface area (Å²) in [6, 6.07) is 25.9. The molecule has 0 bridgehead atoms. The molecule has 4 nitrogen and oxygen atoms in total. The second-order valence-corrected chi connectivity index (χ2v) is 16.1. The zero-order chi connectivity index (χ0) is 23.3. The lowest BCUT2D eigenvalue weighted by atomic mass is 10.1. The number of ether oxygens (including phenoxy) is 1. The maximum atomic E-state index is 6.04. The number of nitrogen functional groups attached to an aromatic ring is 1. The fourth-order valence-electron chi connectivity index (χ4n) is 3.45. The molecule has 0 saturated carbocycles. The molecule has 170 valence electrons. The summed E-state index contributed by atoms with van der Waals surface area (Å²) in [6.07, 6.45) is 4.19. The Hall–Kier alpha value is -2.80. The van der Waals surface area contributed by atoms with Crippen LogP contribution in [0.1, 0.15) is 11.3 Å². The predicted octanol–water partition coefficient (Wildman–Crippen LogP) is 7.25. The van der Waals surface area contributed by atoms with E-state index < -0.39 is 8.07 Å². The Morgan fingerprint density at radius 1 is 0.939 bits per heavy atom. The normalized spacial score (nSPS) is 12.1. The van der Waals surface area contributed by atoms with Crippen molar-refractivity contribution in [3.8, 4) is 0 Å². The van der Waals surface area contributed by atoms with E-state index in [4.69, 9.17) is 15.6 Å². The lowest BCUT2D eigenvalue weighted by Gasteiger charge is -2.15. The number of hydrogen-bond donors (Lipinski definition) is 1. The monoisotopic (exact) mass is 473 g/mol. The van der Waals surface area contributed by atoms with Gasteiger partial charge in [-0.2, -0.15) is 5.10 Å². The fraction of sp³-hybridized carbons (Fsp3) is 0.222. The van der Waals surface area contributed by atoms with Crippen molar-refractivity contribution >= 4 is 48.6 Å². The quantitative estimate of drug-likeness (QED) is 0.158. The van der Waals surface area contributed by atoms with Gasteiger partial charge in [-0.05, 0) is 54.1 Å². The van der Waals surface area contributed by atoms with Crippen LogP contribution in [0.15, 0.2) is 82.6 Å². The molecule has 0 amide bonds. The summed E-state index contributed by atoms with van der Waals surface area (Å²) in [5.74, 6) is 0. The van der Waals surface area contributed by atoms with E-state index in [-0.39, 0.29) is 0 Å². The van der Waals surface area contributed by atoms with Gasteiger partial charge in [-0.15, -0.1) is 0 Å². The van der Waals surface area contributed by atoms with Crippen LogP contribution in [0.25, 0.3) is 23.1 Å². The first-order chi connectivity index (χ1) is 15.9. The maximum Gasteiger partial charge on any atom is 0.140 e. The molecular formula is C27H31N3OSSi.